The van der Waals surface area contributed by atoms with E-state index in [-0.39, 0.29) is 24.4 Å². The zero-order valence-corrected chi connectivity index (χ0v) is 10.9. The van der Waals surface area contributed by atoms with Gasteiger partial charge in [0.05, 0.1) is 12.7 Å². The molecule has 1 aromatic carbocycles. The van der Waals surface area contributed by atoms with E-state index in [1.54, 1.807) is 0 Å². The average molecular weight is 286 g/mol. The number of rotatable bonds is 4. The first kappa shape index (κ1) is 13.2. The maximum Gasteiger partial charge on any atom is 0.350 e. The first-order chi connectivity index (χ1) is 10.1. The number of nitrogens with zero attached hydrogens (tertiary/aromatic N) is 4. The topological polar surface area (TPSA) is 69.3 Å². The summed E-state index contributed by atoms with van der Waals surface area (Å²) in [6.07, 6.45) is 4.59. The van der Waals surface area contributed by atoms with E-state index in [2.05, 4.69) is 10.1 Å². The lowest BCUT2D eigenvalue weighted by Crippen LogP contribution is -2.22. The molecular weight excluding hydrogens is 275 g/mol. The minimum Gasteiger partial charge on any atom is -0.294 e. The van der Waals surface area contributed by atoms with Gasteiger partial charge in [-0.3, -0.25) is 9.78 Å². The summed E-state index contributed by atoms with van der Waals surface area (Å²) in [5.74, 6) is -0.562. The fraction of sp³-hybridized carbons (Fsp3) is 0.143. The first-order valence-corrected chi connectivity index (χ1v) is 6.33. The number of hydrogen-bond donors (Lipinski definition) is 0. The molecule has 0 fully saturated rings. The summed E-state index contributed by atoms with van der Waals surface area (Å²) in [5, 5.41) is 4.08. The van der Waals surface area contributed by atoms with Crippen LogP contribution < -0.4 is 5.69 Å². The lowest BCUT2D eigenvalue weighted by Gasteiger charge is -2.00. The molecule has 0 bridgehead atoms. The number of fused-ring (bicyclic) bond motifs is 1. The third-order valence-corrected chi connectivity index (χ3v) is 3.11. The summed E-state index contributed by atoms with van der Waals surface area (Å²) in [6, 6.07) is 5.31. The van der Waals surface area contributed by atoms with Crippen LogP contribution in [-0.4, -0.2) is 24.9 Å². The molecular formula is C14H11FN4O2. The number of hydrogen-bond acceptors (Lipinski definition) is 4. The van der Waals surface area contributed by atoms with Crippen molar-refractivity contribution < 1.29 is 9.18 Å². The van der Waals surface area contributed by atoms with E-state index in [0.717, 1.165) is 0 Å². The van der Waals surface area contributed by atoms with Crippen LogP contribution in [0.15, 0.2) is 47.7 Å². The van der Waals surface area contributed by atoms with Gasteiger partial charge in [0.15, 0.2) is 11.4 Å². The van der Waals surface area contributed by atoms with Gasteiger partial charge in [-0.1, -0.05) is 0 Å². The first-order valence-electron chi connectivity index (χ1n) is 6.33. The van der Waals surface area contributed by atoms with Gasteiger partial charge in [0, 0.05) is 24.4 Å². The van der Waals surface area contributed by atoms with Gasteiger partial charge in [0.1, 0.15) is 5.82 Å². The van der Waals surface area contributed by atoms with Crippen LogP contribution in [0.4, 0.5) is 4.39 Å². The van der Waals surface area contributed by atoms with Gasteiger partial charge in [-0.25, -0.2) is 18.3 Å². The Morgan fingerprint density at radius 3 is 2.71 bits per heavy atom. The molecule has 0 atom stereocenters. The fourth-order valence-corrected chi connectivity index (χ4v) is 2.01. The summed E-state index contributed by atoms with van der Waals surface area (Å²) >= 11 is 0. The number of aryl methyl sites for hydroxylation is 1. The van der Waals surface area contributed by atoms with Crippen LogP contribution in [0.2, 0.25) is 0 Å². The van der Waals surface area contributed by atoms with E-state index in [1.165, 1.54) is 51.9 Å². The van der Waals surface area contributed by atoms with Crippen molar-refractivity contribution in [2.75, 3.05) is 0 Å². The monoisotopic (exact) mass is 286 g/mol. The molecule has 2 heterocycles. The van der Waals surface area contributed by atoms with E-state index in [4.69, 9.17) is 0 Å². The number of aromatic nitrogens is 4. The normalized spacial score (nSPS) is 10.9. The molecule has 0 aliphatic carbocycles. The molecule has 0 N–H and O–H groups in total. The SMILES string of the molecule is O=C(CCn1nc2cnccn2c1=O)c1ccc(F)cc1. The van der Waals surface area contributed by atoms with E-state index >= 15 is 0 Å². The number of Topliss-reactive ketones (excluding diaryl/α,β-unsaturated/α-hetero) is 1. The van der Waals surface area contributed by atoms with Crippen molar-refractivity contribution in [1.29, 1.82) is 0 Å². The lowest BCUT2D eigenvalue weighted by atomic mass is 10.1. The Hall–Kier alpha value is -2.83. The Bertz CT molecular complexity index is 851. The Labute approximate surface area is 118 Å². The zero-order chi connectivity index (χ0) is 14.8. The van der Waals surface area contributed by atoms with E-state index in [1.807, 2.05) is 0 Å². The van der Waals surface area contributed by atoms with Gasteiger partial charge in [-0.2, -0.15) is 0 Å². The summed E-state index contributed by atoms with van der Waals surface area (Å²) < 4.78 is 15.4. The molecule has 0 saturated heterocycles. The number of halogens is 1. The number of carbonyl (C=O) groups excluding carboxylic acids is 1. The molecule has 0 aliphatic rings. The minimum atomic E-state index is -0.393. The Morgan fingerprint density at radius 2 is 2.00 bits per heavy atom. The van der Waals surface area contributed by atoms with Gasteiger partial charge in [0.25, 0.3) is 0 Å². The van der Waals surface area contributed by atoms with Gasteiger partial charge in [0.2, 0.25) is 0 Å². The van der Waals surface area contributed by atoms with Crippen LogP contribution in [-0.2, 0) is 6.54 Å². The second-order valence-electron chi connectivity index (χ2n) is 4.49. The smallest absolute Gasteiger partial charge is 0.294 e. The maximum absolute atomic E-state index is 12.8. The van der Waals surface area contributed by atoms with Gasteiger partial charge >= 0.3 is 5.69 Å². The van der Waals surface area contributed by atoms with Crippen molar-refractivity contribution >= 4 is 11.4 Å². The minimum absolute atomic E-state index is 0.114. The second-order valence-corrected chi connectivity index (χ2v) is 4.49. The maximum atomic E-state index is 12.8. The molecule has 0 saturated carbocycles. The van der Waals surface area contributed by atoms with Crippen molar-refractivity contribution in [3.05, 3.63) is 64.7 Å². The number of carbonyl (C=O) groups is 1. The number of benzene rings is 1. The molecule has 0 unspecified atom stereocenters. The molecule has 3 rings (SSSR count). The van der Waals surface area contributed by atoms with Crippen molar-refractivity contribution in [2.24, 2.45) is 0 Å². The molecule has 2 aromatic heterocycles. The summed E-state index contributed by atoms with van der Waals surface area (Å²) in [4.78, 5) is 27.8. The van der Waals surface area contributed by atoms with Crippen LogP contribution in [0.1, 0.15) is 16.8 Å². The third kappa shape index (κ3) is 2.58. The molecule has 0 radical (unpaired) electrons. The highest BCUT2D eigenvalue weighted by Gasteiger charge is 2.10. The summed E-state index contributed by atoms with van der Waals surface area (Å²) in [5.41, 5.74) is 0.519. The van der Waals surface area contributed by atoms with Crippen LogP contribution in [0, 0.1) is 5.82 Å². The van der Waals surface area contributed by atoms with Crippen LogP contribution in [0.25, 0.3) is 5.65 Å². The Morgan fingerprint density at radius 1 is 1.24 bits per heavy atom. The lowest BCUT2D eigenvalue weighted by molar-refractivity contribution is 0.0975. The van der Waals surface area contributed by atoms with Crippen LogP contribution >= 0.6 is 0 Å². The highest BCUT2D eigenvalue weighted by Crippen LogP contribution is 2.06. The van der Waals surface area contributed by atoms with Gasteiger partial charge in [-0.15, -0.1) is 5.10 Å². The molecule has 3 aromatic rings. The van der Waals surface area contributed by atoms with Gasteiger partial charge in [-0.05, 0) is 24.3 Å². The molecule has 106 valence electrons. The molecule has 0 aliphatic heterocycles. The summed E-state index contributed by atoms with van der Waals surface area (Å²) in [7, 11) is 0. The van der Waals surface area contributed by atoms with Crippen LogP contribution in [0.3, 0.4) is 0 Å². The zero-order valence-electron chi connectivity index (χ0n) is 10.9. The largest absolute Gasteiger partial charge is 0.350 e. The number of ketones is 1. The van der Waals surface area contributed by atoms with Crippen molar-refractivity contribution in [3.8, 4) is 0 Å². The highest BCUT2D eigenvalue weighted by molar-refractivity contribution is 5.95. The van der Waals surface area contributed by atoms with Gasteiger partial charge < -0.3 is 0 Å². The predicted octanol–water partition coefficient (Wildman–Crippen LogP) is 1.30. The average Bonchev–Trinajstić information content (AvgIpc) is 2.82. The van der Waals surface area contributed by atoms with E-state index in [0.29, 0.717) is 11.2 Å². The van der Waals surface area contributed by atoms with E-state index in [9.17, 15) is 14.0 Å². The predicted molar refractivity (Wildman–Crippen MR) is 72.6 cm³/mol. The van der Waals surface area contributed by atoms with Crippen molar-refractivity contribution in [2.45, 2.75) is 13.0 Å². The third-order valence-electron chi connectivity index (χ3n) is 3.11. The summed E-state index contributed by atoms with van der Waals surface area (Å²) in [6.45, 7) is 0.163. The molecule has 21 heavy (non-hydrogen) atoms. The molecule has 7 heteroatoms. The van der Waals surface area contributed by atoms with Crippen molar-refractivity contribution in [3.63, 3.8) is 0 Å². The molecule has 6 nitrogen and oxygen atoms in total. The van der Waals surface area contributed by atoms with Crippen molar-refractivity contribution in [1.82, 2.24) is 19.2 Å². The van der Waals surface area contributed by atoms with E-state index < -0.39 is 5.82 Å². The second kappa shape index (κ2) is 5.28. The molecule has 0 amide bonds. The standard InChI is InChI=1S/C14H11FN4O2/c15-11-3-1-10(2-4-11)12(20)5-7-19-14(21)18-8-6-16-9-13(18)17-19/h1-4,6,8-9H,5,7H2. The quantitative estimate of drug-likeness (QED) is 0.678. The van der Waals surface area contributed by atoms with Crippen LogP contribution in [0.5, 0.6) is 0 Å². The molecule has 0 spiro atoms. The highest BCUT2D eigenvalue weighted by atomic mass is 19.1. The Balaban J connectivity index is 1.77. The fourth-order valence-electron chi connectivity index (χ4n) is 2.01. The Kier molecular flexibility index (Phi) is 3.31.